The van der Waals surface area contributed by atoms with Crippen molar-refractivity contribution in [1.29, 1.82) is 0 Å². The molecule has 1 aliphatic heterocycles. The van der Waals surface area contributed by atoms with Gasteiger partial charge in [-0.2, -0.15) is 9.40 Å². The SMILES string of the molecule is Cc1[nH]ncc1CNCc1ccccc1CS(=O)(=O)N1CCOCC1. The molecule has 1 aromatic carbocycles. The van der Waals surface area contributed by atoms with Crippen LogP contribution in [0.1, 0.15) is 22.4 Å². The number of sulfonamides is 1. The van der Waals surface area contributed by atoms with Crippen LogP contribution in [0.2, 0.25) is 0 Å². The molecule has 1 aromatic heterocycles. The van der Waals surface area contributed by atoms with Gasteiger partial charge < -0.3 is 10.1 Å². The minimum absolute atomic E-state index is 0.0234. The fourth-order valence-corrected chi connectivity index (χ4v) is 4.43. The van der Waals surface area contributed by atoms with E-state index in [1.807, 2.05) is 31.2 Å². The summed E-state index contributed by atoms with van der Waals surface area (Å²) in [6, 6.07) is 7.68. The summed E-state index contributed by atoms with van der Waals surface area (Å²) in [4.78, 5) is 0. The van der Waals surface area contributed by atoms with Gasteiger partial charge in [0.25, 0.3) is 0 Å². The van der Waals surface area contributed by atoms with Crippen molar-refractivity contribution in [1.82, 2.24) is 19.8 Å². The first-order valence-corrected chi connectivity index (χ1v) is 9.99. The number of aryl methyl sites for hydroxylation is 1. The Balaban J connectivity index is 1.65. The van der Waals surface area contributed by atoms with Gasteiger partial charge in [0, 0.05) is 37.4 Å². The summed E-state index contributed by atoms with van der Waals surface area (Å²) in [7, 11) is -3.32. The molecule has 0 unspecified atom stereocenters. The van der Waals surface area contributed by atoms with Crippen LogP contribution in [0, 0.1) is 6.92 Å². The molecule has 2 heterocycles. The van der Waals surface area contributed by atoms with Crippen LogP contribution < -0.4 is 5.32 Å². The zero-order valence-corrected chi connectivity index (χ0v) is 15.2. The molecule has 0 bridgehead atoms. The molecule has 1 aliphatic rings. The van der Waals surface area contributed by atoms with Crippen LogP contribution in [-0.4, -0.2) is 49.2 Å². The highest BCUT2D eigenvalue weighted by Gasteiger charge is 2.25. The highest BCUT2D eigenvalue weighted by molar-refractivity contribution is 7.88. The van der Waals surface area contributed by atoms with Crippen molar-refractivity contribution in [2.45, 2.75) is 25.8 Å². The number of nitrogens with one attached hydrogen (secondary N) is 2. The molecule has 136 valence electrons. The Kier molecular flexibility index (Phi) is 5.85. The Morgan fingerprint density at radius 1 is 1.16 bits per heavy atom. The van der Waals surface area contributed by atoms with Gasteiger partial charge >= 0.3 is 0 Å². The molecule has 7 nitrogen and oxygen atoms in total. The number of aromatic nitrogens is 2. The molecule has 0 spiro atoms. The average molecular weight is 364 g/mol. The molecule has 2 aromatic rings. The molecule has 3 rings (SSSR count). The molecule has 0 amide bonds. The van der Waals surface area contributed by atoms with Crippen LogP contribution in [0.3, 0.4) is 0 Å². The van der Waals surface area contributed by atoms with E-state index in [0.29, 0.717) is 39.4 Å². The van der Waals surface area contributed by atoms with E-state index < -0.39 is 10.0 Å². The predicted molar refractivity (Wildman–Crippen MR) is 95.3 cm³/mol. The monoisotopic (exact) mass is 364 g/mol. The van der Waals surface area contributed by atoms with Crippen LogP contribution in [0.25, 0.3) is 0 Å². The molecule has 25 heavy (non-hydrogen) atoms. The molecule has 8 heteroatoms. The number of hydrogen-bond acceptors (Lipinski definition) is 5. The van der Waals surface area contributed by atoms with Crippen LogP contribution in [0.4, 0.5) is 0 Å². The molecule has 0 saturated carbocycles. The number of H-pyrrole nitrogens is 1. The smallest absolute Gasteiger partial charge is 0.218 e. The van der Waals surface area contributed by atoms with Gasteiger partial charge in [0.15, 0.2) is 0 Å². The number of hydrogen-bond donors (Lipinski definition) is 2. The van der Waals surface area contributed by atoms with E-state index in [9.17, 15) is 8.42 Å². The fraction of sp³-hybridized carbons (Fsp3) is 0.471. The lowest BCUT2D eigenvalue weighted by Gasteiger charge is -2.26. The quantitative estimate of drug-likeness (QED) is 0.770. The van der Waals surface area contributed by atoms with E-state index >= 15 is 0 Å². The van der Waals surface area contributed by atoms with Crippen LogP contribution in [-0.2, 0) is 33.6 Å². The van der Waals surface area contributed by atoms with Crippen molar-refractivity contribution in [2.75, 3.05) is 26.3 Å². The van der Waals surface area contributed by atoms with E-state index in [1.165, 1.54) is 4.31 Å². The second-order valence-corrected chi connectivity index (χ2v) is 8.13. The summed E-state index contributed by atoms with van der Waals surface area (Å²) < 4.78 is 32.1. The van der Waals surface area contributed by atoms with Crippen LogP contribution >= 0.6 is 0 Å². The third-order valence-corrected chi connectivity index (χ3v) is 6.21. The van der Waals surface area contributed by atoms with E-state index in [1.54, 1.807) is 6.20 Å². The van der Waals surface area contributed by atoms with E-state index in [0.717, 1.165) is 22.4 Å². The van der Waals surface area contributed by atoms with Gasteiger partial charge in [0.2, 0.25) is 10.0 Å². The van der Waals surface area contributed by atoms with Gasteiger partial charge in [0.05, 0.1) is 25.2 Å². The van der Waals surface area contributed by atoms with Gasteiger partial charge in [-0.3, -0.25) is 5.10 Å². The fourth-order valence-electron chi connectivity index (χ4n) is 2.87. The van der Waals surface area contributed by atoms with Gasteiger partial charge in [-0.05, 0) is 18.1 Å². The zero-order valence-electron chi connectivity index (χ0n) is 14.4. The molecule has 1 fully saturated rings. The van der Waals surface area contributed by atoms with Gasteiger partial charge in [-0.25, -0.2) is 8.42 Å². The molecule has 0 atom stereocenters. The van der Waals surface area contributed by atoms with E-state index in [4.69, 9.17) is 4.74 Å². The van der Waals surface area contributed by atoms with Crippen molar-refractivity contribution in [3.05, 3.63) is 52.8 Å². The third kappa shape index (κ3) is 4.66. The second kappa shape index (κ2) is 8.09. The van der Waals surface area contributed by atoms with Crippen molar-refractivity contribution in [3.63, 3.8) is 0 Å². The normalized spacial score (nSPS) is 16.2. The highest BCUT2D eigenvalue weighted by Crippen LogP contribution is 2.17. The maximum Gasteiger partial charge on any atom is 0.218 e. The first-order valence-electron chi connectivity index (χ1n) is 8.38. The summed E-state index contributed by atoms with van der Waals surface area (Å²) in [6.07, 6.45) is 1.80. The van der Waals surface area contributed by atoms with Crippen LogP contribution in [0.5, 0.6) is 0 Å². The van der Waals surface area contributed by atoms with E-state index in [-0.39, 0.29) is 5.75 Å². The number of morpholine rings is 1. The zero-order chi connectivity index (χ0) is 17.7. The minimum Gasteiger partial charge on any atom is -0.379 e. The summed E-state index contributed by atoms with van der Waals surface area (Å²) in [5.74, 6) is 0.0234. The lowest BCUT2D eigenvalue weighted by Crippen LogP contribution is -2.41. The Morgan fingerprint density at radius 3 is 2.52 bits per heavy atom. The Labute approximate surface area is 148 Å². The number of ether oxygens (including phenoxy) is 1. The Bertz CT molecular complexity index is 798. The number of aromatic amines is 1. The minimum atomic E-state index is -3.32. The maximum atomic E-state index is 12.7. The number of benzene rings is 1. The largest absolute Gasteiger partial charge is 0.379 e. The van der Waals surface area contributed by atoms with Crippen molar-refractivity contribution in [2.24, 2.45) is 0 Å². The van der Waals surface area contributed by atoms with Crippen molar-refractivity contribution in [3.8, 4) is 0 Å². The first kappa shape index (κ1) is 18.1. The first-order chi connectivity index (χ1) is 12.1. The third-order valence-electron chi connectivity index (χ3n) is 4.38. The molecular weight excluding hydrogens is 340 g/mol. The summed E-state index contributed by atoms with van der Waals surface area (Å²) >= 11 is 0. The molecule has 1 saturated heterocycles. The summed E-state index contributed by atoms with van der Waals surface area (Å²) in [6.45, 7) is 5.07. The summed E-state index contributed by atoms with van der Waals surface area (Å²) in [5, 5.41) is 10.3. The van der Waals surface area contributed by atoms with E-state index in [2.05, 4.69) is 15.5 Å². The standard InChI is InChI=1S/C17H24N4O3S/c1-14-17(12-19-20-14)11-18-10-15-4-2-3-5-16(15)13-25(22,23)21-6-8-24-9-7-21/h2-5,12,18H,6-11,13H2,1H3,(H,19,20). The van der Waals surface area contributed by atoms with Gasteiger partial charge in [0.1, 0.15) is 0 Å². The second-order valence-electron chi connectivity index (χ2n) is 6.16. The summed E-state index contributed by atoms with van der Waals surface area (Å²) in [5.41, 5.74) is 3.99. The predicted octanol–water partition coefficient (Wildman–Crippen LogP) is 1.17. The topological polar surface area (TPSA) is 87.3 Å². The number of rotatable bonds is 7. The molecule has 0 aliphatic carbocycles. The van der Waals surface area contributed by atoms with Crippen molar-refractivity contribution < 1.29 is 13.2 Å². The lowest BCUT2D eigenvalue weighted by molar-refractivity contribution is 0.0729. The molecule has 2 N–H and O–H groups in total. The lowest BCUT2D eigenvalue weighted by atomic mass is 10.1. The van der Waals surface area contributed by atoms with Gasteiger partial charge in [-0.15, -0.1) is 0 Å². The van der Waals surface area contributed by atoms with Crippen molar-refractivity contribution >= 4 is 10.0 Å². The van der Waals surface area contributed by atoms with Crippen LogP contribution in [0.15, 0.2) is 30.5 Å². The highest BCUT2D eigenvalue weighted by atomic mass is 32.2. The average Bonchev–Trinajstić information content (AvgIpc) is 3.02. The Morgan fingerprint density at radius 2 is 1.84 bits per heavy atom. The Hall–Kier alpha value is -1.74. The molecule has 0 radical (unpaired) electrons. The maximum absolute atomic E-state index is 12.7. The van der Waals surface area contributed by atoms with Gasteiger partial charge in [-0.1, -0.05) is 24.3 Å². The molecular formula is C17H24N4O3S. The number of nitrogens with zero attached hydrogens (tertiary/aromatic N) is 2.